The summed E-state index contributed by atoms with van der Waals surface area (Å²) in [6.07, 6.45) is 9.98. The highest BCUT2D eigenvalue weighted by Gasteiger charge is 2.51. The van der Waals surface area contributed by atoms with Gasteiger partial charge >= 0.3 is 7.82 Å². The highest BCUT2D eigenvalue weighted by Crippen LogP contribution is 2.59. The molecule has 0 N–H and O–H groups in total. The van der Waals surface area contributed by atoms with Crippen LogP contribution >= 0.6 is 7.82 Å². The van der Waals surface area contributed by atoms with E-state index >= 15 is 0 Å². The number of ether oxygens (including phenoxy) is 6. The molecule has 10 nitrogen and oxygen atoms in total. The van der Waals surface area contributed by atoms with Crippen molar-refractivity contribution in [2.24, 2.45) is 0 Å². The zero-order chi connectivity index (χ0) is 31.1. The molecule has 0 aliphatic rings. The Morgan fingerprint density at radius 1 is 0.390 bits per heavy atom. The molecule has 0 aliphatic carbocycles. The van der Waals surface area contributed by atoms with Crippen molar-refractivity contribution < 1.29 is 46.6 Å². The molecule has 0 aromatic rings. The van der Waals surface area contributed by atoms with Gasteiger partial charge in [-0.2, -0.15) is 0 Å². The highest BCUT2D eigenvalue weighted by molar-refractivity contribution is 7.48. The first-order valence-corrected chi connectivity index (χ1v) is 17.5. The molecular weight excluding hydrogens is 551 g/mol. The van der Waals surface area contributed by atoms with Gasteiger partial charge in [0.2, 0.25) is 0 Å². The zero-order valence-electron chi connectivity index (χ0n) is 27.8. The lowest BCUT2D eigenvalue weighted by Gasteiger charge is -2.39. The molecule has 0 heterocycles. The zero-order valence-corrected chi connectivity index (χ0v) is 28.7. The van der Waals surface area contributed by atoms with E-state index in [1.54, 1.807) is 20.8 Å². The van der Waals surface area contributed by atoms with Crippen molar-refractivity contribution in [1.82, 2.24) is 0 Å². The molecule has 41 heavy (non-hydrogen) atoms. The van der Waals surface area contributed by atoms with Gasteiger partial charge in [0.1, 0.15) is 0 Å². The van der Waals surface area contributed by atoms with Crippen LogP contribution in [-0.2, 0) is 46.6 Å². The summed E-state index contributed by atoms with van der Waals surface area (Å²) in [6, 6.07) is 0. The minimum Gasteiger partial charge on any atom is -0.327 e. The maximum Gasteiger partial charge on any atom is 0.487 e. The van der Waals surface area contributed by atoms with Crippen LogP contribution in [0.5, 0.6) is 0 Å². The molecular formula is C30H63O10P. The van der Waals surface area contributed by atoms with E-state index in [1.807, 2.05) is 0 Å². The van der Waals surface area contributed by atoms with Crippen molar-refractivity contribution in [3.05, 3.63) is 0 Å². The first kappa shape index (κ1) is 40.9. The maximum absolute atomic E-state index is 14.7. The number of phosphoric ester groups is 1. The standard InChI is InChI=1S/C30H63O10P/c1-10-16-22-32-28(7,33-23-17-11-2)38-41(31,39-29(8,34-24-18-12-3)35-25-19-13-4)40-30(9,36-26-20-14-5)37-27-21-15-6/h10-27H2,1-9H3. The predicted octanol–water partition coefficient (Wildman–Crippen LogP) is 9.07. The van der Waals surface area contributed by atoms with Crippen molar-refractivity contribution in [3.8, 4) is 0 Å². The first-order chi connectivity index (χ1) is 19.5. The van der Waals surface area contributed by atoms with Crippen molar-refractivity contribution in [1.29, 1.82) is 0 Å². The van der Waals surface area contributed by atoms with E-state index in [0.717, 1.165) is 77.0 Å². The summed E-state index contributed by atoms with van der Waals surface area (Å²) < 4.78 is 68.9. The number of rotatable bonds is 30. The molecule has 0 saturated heterocycles. The van der Waals surface area contributed by atoms with E-state index in [1.165, 1.54) is 0 Å². The average molecular weight is 615 g/mol. The van der Waals surface area contributed by atoms with Crippen molar-refractivity contribution in [2.45, 2.75) is 157 Å². The molecule has 0 saturated carbocycles. The fraction of sp³-hybridized carbons (Fsp3) is 1.00. The van der Waals surface area contributed by atoms with E-state index in [2.05, 4.69) is 41.5 Å². The topological polar surface area (TPSA) is 100 Å². The van der Waals surface area contributed by atoms with Gasteiger partial charge in [0.25, 0.3) is 17.9 Å². The van der Waals surface area contributed by atoms with Gasteiger partial charge in [0, 0.05) is 20.8 Å². The van der Waals surface area contributed by atoms with Gasteiger partial charge in [-0.25, -0.2) is 18.1 Å². The van der Waals surface area contributed by atoms with Gasteiger partial charge in [-0.05, 0) is 38.5 Å². The highest BCUT2D eigenvalue weighted by atomic mass is 31.2. The Morgan fingerprint density at radius 3 is 0.707 bits per heavy atom. The Morgan fingerprint density at radius 2 is 0.561 bits per heavy atom. The number of hydrogen-bond acceptors (Lipinski definition) is 10. The Hall–Kier alpha value is -0.130. The Labute approximate surface area is 251 Å². The third-order valence-corrected chi connectivity index (χ3v) is 7.67. The second kappa shape index (κ2) is 23.3. The number of unbranched alkanes of at least 4 members (excludes halogenated alkanes) is 6. The molecule has 0 aromatic heterocycles. The lowest BCUT2D eigenvalue weighted by atomic mass is 10.3. The van der Waals surface area contributed by atoms with E-state index in [-0.39, 0.29) is 0 Å². The Kier molecular flexibility index (Phi) is 23.2. The van der Waals surface area contributed by atoms with Crippen LogP contribution in [0.3, 0.4) is 0 Å². The summed E-state index contributed by atoms with van der Waals surface area (Å²) in [7, 11) is -4.63. The molecule has 0 amide bonds. The van der Waals surface area contributed by atoms with Gasteiger partial charge in [-0.15, -0.1) is 0 Å². The third kappa shape index (κ3) is 19.7. The monoisotopic (exact) mass is 614 g/mol. The summed E-state index contributed by atoms with van der Waals surface area (Å²) in [5.41, 5.74) is 0. The van der Waals surface area contributed by atoms with Crippen LogP contribution in [0.25, 0.3) is 0 Å². The number of phosphoric acid groups is 1. The summed E-state index contributed by atoms with van der Waals surface area (Å²) in [5, 5.41) is 0. The van der Waals surface area contributed by atoms with E-state index in [4.69, 9.17) is 42.0 Å². The maximum atomic E-state index is 14.7. The molecule has 0 spiro atoms. The van der Waals surface area contributed by atoms with Gasteiger partial charge in [0.05, 0.1) is 39.6 Å². The summed E-state index contributed by atoms with van der Waals surface area (Å²) in [4.78, 5) is 0. The summed E-state index contributed by atoms with van der Waals surface area (Å²) in [6.45, 7) is 19.0. The van der Waals surface area contributed by atoms with E-state index < -0.39 is 25.7 Å². The predicted molar refractivity (Wildman–Crippen MR) is 161 cm³/mol. The van der Waals surface area contributed by atoms with Crippen LogP contribution in [0.1, 0.15) is 139 Å². The second-order valence-corrected chi connectivity index (χ2v) is 12.0. The normalized spacial score (nSPS) is 13.3. The lowest BCUT2D eigenvalue weighted by Crippen LogP contribution is -2.43. The number of hydrogen-bond donors (Lipinski definition) is 0. The van der Waals surface area contributed by atoms with Crippen LogP contribution in [-0.4, -0.2) is 57.6 Å². The van der Waals surface area contributed by atoms with E-state index in [0.29, 0.717) is 39.6 Å². The van der Waals surface area contributed by atoms with Crippen LogP contribution in [0, 0.1) is 0 Å². The van der Waals surface area contributed by atoms with Crippen LogP contribution in [0.4, 0.5) is 0 Å². The van der Waals surface area contributed by atoms with Crippen molar-refractivity contribution in [2.75, 3.05) is 39.6 Å². The summed E-state index contributed by atoms with van der Waals surface area (Å²) in [5.74, 6) is -5.20. The molecule has 0 unspecified atom stereocenters. The molecule has 0 bridgehead atoms. The minimum absolute atomic E-state index is 0.327. The van der Waals surface area contributed by atoms with E-state index in [9.17, 15) is 4.57 Å². The fourth-order valence-electron chi connectivity index (χ4n) is 3.36. The molecule has 0 atom stereocenters. The van der Waals surface area contributed by atoms with Gasteiger partial charge in [0.15, 0.2) is 0 Å². The molecule has 248 valence electrons. The Balaban J connectivity index is 6.45. The molecule has 0 rings (SSSR count). The third-order valence-electron chi connectivity index (χ3n) is 6.01. The van der Waals surface area contributed by atoms with Crippen LogP contribution in [0.15, 0.2) is 0 Å². The van der Waals surface area contributed by atoms with Gasteiger partial charge in [-0.3, -0.25) is 0 Å². The SMILES string of the molecule is CCCCOC(C)(OCCCC)OP(=O)(OC(C)(OCCCC)OCCCC)OC(C)(OCCCC)OCCCC. The molecule has 0 radical (unpaired) electrons. The van der Waals surface area contributed by atoms with Crippen molar-refractivity contribution >= 4 is 7.82 Å². The molecule has 11 heteroatoms. The smallest absolute Gasteiger partial charge is 0.327 e. The fourth-order valence-corrected chi connectivity index (χ4v) is 5.01. The second-order valence-electron chi connectivity index (χ2n) is 10.5. The molecule has 0 aromatic carbocycles. The largest absolute Gasteiger partial charge is 0.487 e. The average Bonchev–Trinajstić information content (AvgIpc) is 2.89. The van der Waals surface area contributed by atoms with Gasteiger partial charge in [-0.1, -0.05) is 80.1 Å². The van der Waals surface area contributed by atoms with Crippen LogP contribution in [0.2, 0.25) is 0 Å². The van der Waals surface area contributed by atoms with Crippen LogP contribution < -0.4 is 0 Å². The Bertz CT molecular complexity index is 548. The van der Waals surface area contributed by atoms with Gasteiger partial charge < -0.3 is 28.4 Å². The summed E-state index contributed by atoms with van der Waals surface area (Å²) >= 11 is 0. The van der Waals surface area contributed by atoms with Crippen molar-refractivity contribution in [3.63, 3.8) is 0 Å². The first-order valence-electron chi connectivity index (χ1n) is 16.0. The minimum atomic E-state index is -4.63. The lowest BCUT2D eigenvalue weighted by molar-refractivity contribution is -0.385. The quantitative estimate of drug-likeness (QED) is 0.0442. The molecule has 0 aliphatic heterocycles. The molecule has 0 fully saturated rings.